The Kier molecular flexibility index (Phi) is 4.62. The monoisotopic (exact) mass is 347 g/mol. The molecule has 0 aromatic heterocycles. The Balaban J connectivity index is 2.17. The number of carbonyl (C=O) groups excluding carboxylic acids is 2. The summed E-state index contributed by atoms with van der Waals surface area (Å²) in [6.07, 6.45) is 1.76. The average Bonchev–Trinajstić information content (AvgIpc) is 2.54. The molecule has 0 radical (unpaired) electrons. The maximum absolute atomic E-state index is 12.5. The average molecular weight is 348 g/mol. The summed E-state index contributed by atoms with van der Waals surface area (Å²) in [6.45, 7) is 1.92. The number of esters is 1. The number of nitrogens with two attached hydrogens (primary N) is 1. The van der Waals surface area contributed by atoms with Crippen LogP contribution in [-0.4, -0.2) is 18.4 Å². The van der Waals surface area contributed by atoms with Crippen LogP contribution in [0.5, 0.6) is 0 Å². The van der Waals surface area contributed by atoms with E-state index in [1.807, 2.05) is 6.07 Å². The SMILES string of the molecule is CCOC(=O)C1=C(N)OC2=C(C(=O)CCC2)[C@H]1c1cccc(Cl)c1. The Hall–Kier alpha value is -2.27. The minimum absolute atomic E-state index is 0.00752. The number of allylic oxidation sites excluding steroid dienone is 2. The quantitative estimate of drug-likeness (QED) is 0.849. The number of hydrogen-bond donors (Lipinski definition) is 1. The first-order valence-corrected chi connectivity index (χ1v) is 8.27. The summed E-state index contributed by atoms with van der Waals surface area (Å²) < 4.78 is 10.7. The zero-order chi connectivity index (χ0) is 17.3. The van der Waals surface area contributed by atoms with Crippen LogP contribution < -0.4 is 5.73 Å². The summed E-state index contributed by atoms with van der Waals surface area (Å²) in [5, 5.41) is 0.520. The van der Waals surface area contributed by atoms with E-state index in [4.69, 9.17) is 26.8 Å². The molecular formula is C18H18ClNO4. The van der Waals surface area contributed by atoms with Crippen LogP contribution in [0.25, 0.3) is 0 Å². The smallest absolute Gasteiger partial charge is 0.340 e. The molecule has 3 rings (SSSR count). The molecule has 5 nitrogen and oxygen atoms in total. The molecule has 6 heteroatoms. The second-order valence-corrected chi connectivity index (χ2v) is 6.14. The van der Waals surface area contributed by atoms with Crippen molar-refractivity contribution >= 4 is 23.4 Å². The molecule has 1 aromatic carbocycles. The lowest BCUT2D eigenvalue weighted by Gasteiger charge is -2.32. The molecule has 0 unspecified atom stereocenters. The predicted octanol–water partition coefficient (Wildman–Crippen LogP) is 3.19. The molecule has 1 aliphatic carbocycles. The summed E-state index contributed by atoms with van der Waals surface area (Å²) in [7, 11) is 0. The van der Waals surface area contributed by atoms with Crippen molar-refractivity contribution in [3.63, 3.8) is 0 Å². The van der Waals surface area contributed by atoms with Crippen LogP contribution in [0.3, 0.4) is 0 Å². The molecule has 0 fully saturated rings. The molecule has 24 heavy (non-hydrogen) atoms. The van der Waals surface area contributed by atoms with Gasteiger partial charge in [-0.25, -0.2) is 4.79 Å². The Labute approximate surface area is 145 Å². The highest BCUT2D eigenvalue weighted by Crippen LogP contribution is 2.44. The molecule has 2 N–H and O–H groups in total. The molecule has 0 saturated heterocycles. The fraction of sp³-hybridized carbons (Fsp3) is 0.333. The number of benzene rings is 1. The second kappa shape index (κ2) is 6.69. The lowest BCUT2D eigenvalue weighted by molar-refractivity contribution is -0.139. The third kappa shape index (κ3) is 2.91. The van der Waals surface area contributed by atoms with Gasteiger partial charge in [0.05, 0.1) is 12.5 Å². The molecule has 1 aromatic rings. The van der Waals surface area contributed by atoms with Crippen LogP contribution in [0, 0.1) is 0 Å². The summed E-state index contributed by atoms with van der Waals surface area (Å²) in [6, 6.07) is 7.07. The van der Waals surface area contributed by atoms with Gasteiger partial charge < -0.3 is 15.2 Å². The van der Waals surface area contributed by atoms with Gasteiger partial charge in [-0.3, -0.25) is 4.79 Å². The standard InChI is InChI=1S/C18H18ClNO4/c1-2-23-18(22)16-14(10-5-3-6-11(19)9-10)15-12(21)7-4-8-13(15)24-17(16)20/h3,5-6,9,14H,2,4,7-8,20H2,1H3/t14-/m1/s1. The number of rotatable bonds is 3. The molecule has 1 atom stereocenters. The number of hydrogen-bond acceptors (Lipinski definition) is 5. The van der Waals surface area contributed by atoms with Crippen molar-refractivity contribution in [2.24, 2.45) is 5.73 Å². The van der Waals surface area contributed by atoms with E-state index in [0.717, 1.165) is 5.56 Å². The number of ketones is 1. The zero-order valence-electron chi connectivity index (χ0n) is 13.3. The van der Waals surface area contributed by atoms with E-state index in [1.54, 1.807) is 25.1 Å². The Morgan fingerprint density at radius 2 is 2.21 bits per heavy atom. The Bertz CT molecular complexity index is 766. The maximum Gasteiger partial charge on any atom is 0.340 e. The third-order valence-electron chi connectivity index (χ3n) is 4.16. The molecule has 1 heterocycles. The largest absolute Gasteiger partial charge is 0.462 e. The first-order chi connectivity index (χ1) is 11.5. The molecule has 0 amide bonds. The van der Waals surface area contributed by atoms with Crippen LogP contribution in [-0.2, 0) is 19.1 Å². The molecular weight excluding hydrogens is 330 g/mol. The molecule has 2 aliphatic rings. The summed E-state index contributed by atoms with van der Waals surface area (Å²) in [4.78, 5) is 25.0. The van der Waals surface area contributed by atoms with Crippen molar-refractivity contribution in [1.29, 1.82) is 0 Å². The van der Waals surface area contributed by atoms with E-state index in [2.05, 4.69) is 0 Å². The fourth-order valence-corrected chi connectivity index (χ4v) is 3.38. The lowest BCUT2D eigenvalue weighted by Crippen LogP contribution is -2.31. The van der Waals surface area contributed by atoms with Crippen molar-refractivity contribution in [3.05, 3.63) is 57.6 Å². The van der Waals surface area contributed by atoms with Crippen LogP contribution in [0.4, 0.5) is 0 Å². The van der Waals surface area contributed by atoms with Gasteiger partial charge in [0.15, 0.2) is 5.78 Å². The highest BCUT2D eigenvalue weighted by Gasteiger charge is 2.41. The van der Waals surface area contributed by atoms with E-state index in [0.29, 0.717) is 35.6 Å². The first kappa shape index (κ1) is 16.6. The van der Waals surface area contributed by atoms with Crippen LogP contribution in [0.15, 0.2) is 47.1 Å². The third-order valence-corrected chi connectivity index (χ3v) is 4.40. The van der Waals surface area contributed by atoms with Crippen molar-refractivity contribution in [3.8, 4) is 0 Å². The predicted molar refractivity (Wildman–Crippen MR) is 89.0 cm³/mol. The highest BCUT2D eigenvalue weighted by atomic mass is 35.5. The van der Waals surface area contributed by atoms with E-state index < -0.39 is 11.9 Å². The van der Waals surface area contributed by atoms with Gasteiger partial charge in [-0.15, -0.1) is 0 Å². The van der Waals surface area contributed by atoms with Crippen molar-refractivity contribution in [2.45, 2.75) is 32.1 Å². The van der Waals surface area contributed by atoms with E-state index in [-0.39, 0.29) is 23.8 Å². The first-order valence-electron chi connectivity index (χ1n) is 7.89. The minimum Gasteiger partial charge on any atom is -0.462 e. The van der Waals surface area contributed by atoms with Crippen LogP contribution in [0.1, 0.15) is 37.7 Å². The van der Waals surface area contributed by atoms with Gasteiger partial charge in [-0.2, -0.15) is 0 Å². The molecule has 0 saturated carbocycles. The summed E-state index contributed by atoms with van der Waals surface area (Å²) >= 11 is 6.10. The minimum atomic E-state index is -0.612. The lowest BCUT2D eigenvalue weighted by atomic mass is 9.77. The normalized spacial score (nSPS) is 20.6. The van der Waals surface area contributed by atoms with E-state index >= 15 is 0 Å². The number of carbonyl (C=O) groups is 2. The molecule has 0 spiro atoms. The van der Waals surface area contributed by atoms with Gasteiger partial charge in [0.25, 0.3) is 0 Å². The van der Waals surface area contributed by atoms with Gasteiger partial charge in [-0.05, 0) is 31.0 Å². The molecule has 0 bridgehead atoms. The van der Waals surface area contributed by atoms with Gasteiger partial charge in [0.1, 0.15) is 11.3 Å². The molecule has 126 valence electrons. The zero-order valence-corrected chi connectivity index (χ0v) is 14.1. The Morgan fingerprint density at radius 1 is 1.42 bits per heavy atom. The summed E-state index contributed by atoms with van der Waals surface area (Å²) in [5.41, 5.74) is 7.38. The van der Waals surface area contributed by atoms with E-state index in [9.17, 15) is 9.59 Å². The number of Topliss-reactive ketones (excluding diaryl/α,β-unsaturated/α-hetero) is 1. The fourth-order valence-electron chi connectivity index (χ4n) is 3.18. The number of halogens is 1. The van der Waals surface area contributed by atoms with Gasteiger partial charge in [0.2, 0.25) is 5.88 Å². The van der Waals surface area contributed by atoms with Gasteiger partial charge in [0, 0.05) is 23.4 Å². The van der Waals surface area contributed by atoms with Crippen LogP contribution >= 0.6 is 11.6 Å². The highest BCUT2D eigenvalue weighted by molar-refractivity contribution is 6.30. The summed E-state index contributed by atoms with van der Waals surface area (Å²) in [5.74, 6) is -0.687. The van der Waals surface area contributed by atoms with Crippen molar-refractivity contribution in [1.82, 2.24) is 0 Å². The van der Waals surface area contributed by atoms with Crippen molar-refractivity contribution in [2.75, 3.05) is 6.61 Å². The van der Waals surface area contributed by atoms with Crippen molar-refractivity contribution < 1.29 is 19.1 Å². The topological polar surface area (TPSA) is 78.6 Å². The second-order valence-electron chi connectivity index (χ2n) is 5.70. The van der Waals surface area contributed by atoms with Crippen LogP contribution in [0.2, 0.25) is 5.02 Å². The maximum atomic E-state index is 12.5. The van der Waals surface area contributed by atoms with E-state index in [1.165, 1.54) is 0 Å². The van der Waals surface area contributed by atoms with Gasteiger partial charge in [-0.1, -0.05) is 23.7 Å². The number of ether oxygens (including phenoxy) is 2. The molecule has 1 aliphatic heterocycles. The van der Waals surface area contributed by atoms with Gasteiger partial charge >= 0.3 is 5.97 Å². The Morgan fingerprint density at radius 3 is 2.92 bits per heavy atom.